The van der Waals surface area contributed by atoms with Crippen molar-refractivity contribution in [3.05, 3.63) is 29.1 Å². The Balaban J connectivity index is 2.10. The van der Waals surface area contributed by atoms with Gasteiger partial charge in [0.1, 0.15) is 12.8 Å². The number of aromatic nitrogens is 1. The summed E-state index contributed by atoms with van der Waals surface area (Å²) in [5, 5.41) is 3.32. The molecule has 3 rings (SSSR count). The minimum atomic E-state index is -0.487. The van der Waals surface area contributed by atoms with Crippen LogP contribution >= 0.6 is 0 Å². The van der Waals surface area contributed by atoms with E-state index in [0.717, 1.165) is 37.2 Å². The second kappa shape index (κ2) is 4.03. The molecule has 0 saturated carbocycles. The van der Waals surface area contributed by atoms with Crippen LogP contribution in [0.1, 0.15) is 35.8 Å². The molecule has 1 unspecified atom stereocenters. The van der Waals surface area contributed by atoms with Gasteiger partial charge in [-0.15, -0.1) is 0 Å². The van der Waals surface area contributed by atoms with Crippen molar-refractivity contribution in [2.75, 3.05) is 19.8 Å². The molecule has 0 amide bonds. The molecule has 1 N–H and O–H groups in total. The molecule has 3 heterocycles. The standard InChI is InChI=1S/C13H17FN2O/c1-9-2-5-16-12-10(8-14)17-13(11(9)12)3-6-15-7-4-13/h2,5,10,15H,3-4,6-8H2,1H3. The Labute approximate surface area is 100 Å². The molecule has 0 aromatic carbocycles. The molecule has 1 aromatic heterocycles. The number of halogens is 1. The number of nitrogens with one attached hydrogen (secondary N) is 1. The number of alkyl halides is 1. The highest BCUT2D eigenvalue weighted by molar-refractivity contribution is 5.40. The normalized spacial score (nSPS) is 26.1. The number of pyridine rings is 1. The van der Waals surface area contributed by atoms with Gasteiger partial charge in [-0.1, -0.05) is 0 Å². The highest BCUT2D eigenvalue weighted by Gasteiger charge is 2.47. The SMILES string of the molecule is Cc1ccnc2c1C1(CCNCC1)OC2CF. The fourth-order valence-electron chi connectivity index (χ4n) is 3.11. The molecule has 1 saturated heterocycles. The number of aryl methyl sites for hydroxylation is 1. The van der Waals surface area contributed by atoms with Gasteiger partial charge in [-0.3, -0.25) is 4.98 Å². The third-order valence-electron chi connectivity index (χ3n) is 3.87. The van der Waals surface area contributed by atoms with Crippen LogP contribution in [0.3, 0.4) is 0 Å². The molecule has 0 radical (unpaired) electrons. The van der Waals surface area contributed by atoms with Gasteiger partial charge in [0, 0.05) is 11.8 Å². The van der Waals surface area contributed by atoms with Gasteiger partial charge in [-0.2, -0.15) is 0 Å². The predicted molar refractivity (Wildman–Crippen MR) is 62.6 cm³/mol. The summed E-state index contributed by atoms with van der Waals surface area (Å²) in [5.74, 6) is 0. The third kappa shape index (κ3) is 1.58. The lowest BCUT2D eigenvalue weighted by Gasteiger charge is -2.35. The van der Waals surface area contributed by atoms with Gasteiger partial charge in [0.25, 0.3) is 0 Å². The summed E-state index contributed by atoms with van der Waals surface area (Å²) >= 11 is 0. The van der Waals surface area contributed by atoms with E-state index in [1.165, 1.54) is 5.56 Å². The summed E-state index contributed by atoms with van der Waals surface area (Å²) in [6.45, 7) is 3.42. The fraction of sp³-hybridized carbons (Fsp3) is 0.615. The number of rotatable bonds is 1. The van der Waals surface area contributed by atoms with E-state index in [0.29, 0.717) is 0 Å². The maximum absolute atomic E-state index is 13.1. The van der Waals surface area contributed by atoms with Gasteiger partial charge in [-0.05, 0) is 44.5 Å². The zero-order valence-corrected chi connectivity index (χ0v) is 10.0. The first-order valence-electron chi connectivity index (χ1n) is 6.17. The molecule has 1 aromatic rings. The summed E-state index contributed by atoms with van der Waals surface area (Å²) in [7, 11) is 0. The monoisotopic (exact) mass is 236 g/mol. The summed E-state index contributed by atoms with van der Waals surface area (Å²) in [6, 6.07) is 1.99. The fourth-order valence-corrected chi connectivity index (χ4v) is 3.11. The van der Waals surface area contributed by atoms with Crippen molar-refractivity contribution in [3.8, 4) is 0 Å². The zero-order chi connectivity index (χ0) is 11.9. The van der Waals surface area contributed by atoms with E-state index in [-0.39, 0.29) is 5.60 Å². The molecular weight excluding hydrogens is 219 g/mol. The van der Waals surface area contributed by atoms with Gasteiger partial charge in [0.05, 0.1) is 11.3 Å². The van der Waals surface area contributed by atoms with E-state index in [9.17, 15) is 4.39 Å². The highest BCUT2D eigenvalue weighted by atomic mass is 19.1. The van der Waals surface area contributed by atoms with Gasteiger partial charge < -0.3 is 10.1 Å². The second-order valence-electron chi connectivity index (χ2n) is 4.89. The Hall–Kier alpha value is -1.00. The maximum atomic E-state index is 13.1. The predicted octanol–water partition coefficient (Wildman–Crippen LogP) is 2.01. The molecular formula is C13H17FN2O. The number of ether oxygens (including phenoxy) is 1. The number of fused-ring (bicyclic) bond motifs is 2. The third-order valence-corrected chi connectivity index (χ3v) is 3.87. The van der Waals surface area contributed by atoms with Gasteiger partial charge >= 0.3 is 0 Å². The van der Waals surface area contributed by atoms with Crippen LogP contribution in [-0.2, 0) is 10.3 Å². The van der Waals surface area contributed by atoms with Crippen LogP contribution in [-0.4, -0.2) is 24.7 Å². The van der Waals surface area contributed by atoms with Crippen LogP contribution in [0.15, 0.2) is 12.3 Å². The van der Waals surface area contributed by atoms with E-state index in [1.807, 2.05) is 6.07 Å². The van der Waals surface area contributed by atoms with E-state index < -0.39 is 12.8 Å². The Morgan fingerprint density at radius 2 is 2.29 bits per heavy atom. The number of piperidine rings is 1. The van der Waals surface area contributed by atoms with E-state index in [2.05, 4.69) is 17.2 Å². The Morgan fingerprint density at radius 3 is 3.00 bits per heavy atom. The molecule has 4 heteroatoms. The van der Waals surface area contributed by atoms with Gasteiger partial charge in [0.15, 0.2) is 0 Å². The average molecular weight is 236 g/mol. The summed E-state index contributed by atoms with van der Waals surface area (Å²) < 4.78 is 19.1. The zero-order valence-electron chi connectivity index (χ0n) is 10.0. The molecule has 2 aliphatic heterocycles. The first-order valence-corrected chi connectivity index (χ1v) is 6.17. The Kier molecular flexibility index (Phi) is 2.64. The molecule has 92 valence electrons. The smallest absolute Gasteiger partial charge is 0.129 e. The quantitative estimate of drug-likeness (QED) is 0.810. The number of hydrogen-bond donors (Lipinski definition) is 1. The maximum Gasteiger partial charge on any atom is 0.129 e. The first kappa shape index (κ1) is 11.1. The van der Waals surface area contributed by atoms with Crippen LogP contribution < -0.4 is 5.32 Å². The van der Waals surface area contributed by atoms with Crippen LogP contribution in [0.4, 0.5) is 4.39 Å². The van der Waals surface area contributed by atoms with Crippen LogP contribution in [0.5, 0.6) is 0 Å². The second-order valence-corrected chi connectivity index (χ2v) is 4.89. The minimum Gasteiger partial charge on any atom is -0.358 e. The van der Waals surface area contributed by atoms with Crippen molar-refractivity contribution in [1.82, 2.24) is 10.3 Å². The topological polar surface area (TPSA) is 34.2 Å². The summed E-state index contributed by atoms with van der Waals surface area (Å²) in [6.07, 6.45) is 3.09. The van der Waals surface area contributed by atoms with Crippen molar-refractivity contribution in [1.29, 1.82) is 0 Å². The minimum absolute atomic E-state index is 0.296. The molecule has 1 atom stereocenters. The Morgan fingerprint density at radius 1 is 1.53 bits per heavy atom. The van der Waals surface area contributed by atoms with Crippen molar-refractivity contribution in [2.45, 2.75) is 31.5 Å². The molecule has 0 bridgehead atoms. The van der Waals surface area contributed by atoms with Gasteiger partial charge in [0.2, 0.25) is 0 Å². The van der Waals surface area contributed by atoms with E-state index in [4.69, 9.17) is 4.74 Å². The lowest BCUT2D eigenvalue weighted by Crippen LogP contribution is -2.40. The van der Waals surface area contributed by atoms with Crippen LogP contribution in [0.25, 0.3) is 0 Å². The van der Waals surface area contributed by atoms with E-state index >= 15 is 0 Å². The van der Waals surface area contributed by atoms with Crippen molar-refractivity contribution in [3.63, 3.8) is 0 Å². The molecule has 2 aliphatic rings. The number of hydrogen-bond acceptors (Lipinski definition) is 3. The van der Waals surface area contributed by atoms with Crippen LogP contribution in [0, 0.1) is 6.92 Å². The van der Waals surface area contributed by atoms with Gasteiger partial charge in [-0.25, -0.2) is 4.39 Å². The van der Waals surface area contributed by atoms with E-state index in [1.54, 1.807) is 6.20 Å². The van der Waals surface area contributed by atoms with Crippen molar-refractivity contribution < 1.29 is 9.13 Å². The summed E-state index contributed by atoms with van der Waals surface area (Å²) in [4.78, 5) is 4.34. The lowest BCUT2D eigenvalue weighted by atomic mass is 9.83. The average Bonchev–Trinajstić information content (AvgIpc) is 2.66. The molecule has 0 aliphatic carbocycles. The molecule has 1 fully saturated rings. The van der Waals surface area contributed by atoms with Crippen molar-refractivity contribution in [2.24, 2.45) is 0 Å². The number of nitrogens with zero attached hydrogens (tertiary/aromatic N) is 1. The lowest BCUT2D eigenvalue weighted by molar-refractivity contribution is -0.101. The Bertz CT molecular complexity index is 429. The van der Waals surface area contributed by atoms with Crippen molar-refractivity contribution >= 4 is 0 Å². The molecule has 17 heavy (non-hydrogen) atoms. The summed E-state index contributed by atoms with van der Waals surface area (Å²) in [5.41, 5.74) is 2.83. The largest absolute Gasteiger partial charge is 0.358 e. The first-order chi connectivity index (χ1) is 8.27. The molecule has 3 nitrogen and oxygen atoms in total. The van der Waals surface area contributed by atoms with Crippen LogP contribution in [0.2, 0.25) is 0 Å². The molecule has 1 spiro atoms. The highest BCUT2D eigenvalue weighted by Crippen LogP contribution is 2.48.